The predicted molar refractivity (Wildman–Crippen MR) is 132 cm³/mol. The van der Waals surface area contributed by atoms with Crippen LogP contribution in [-0.2, 0) is 35.9 Å². The first kappa shape index (κ1) is 24.3. The van der Waals surface area contributed by atoms with Gasteiger partial charge in [0.2, 0.25) is 10.0 Å². The Morgan fingerprint density at radius 3 is 2.53 bits per heavy atom. The number of hydrogen-bond donors (Lipinski definition) is 1. The van der Waals surface area contributed by atoms with E-state index in [1.807, 2.05) is 4.90 Å². The highest BCUT2D eigenvalue weighted by atomic mass is 32.2. The first-order chi connectivity index (χ1) is 17.0. The molecular weight excluding hydrogens is 506 g/mol. The molecule has 1 saturated heterocycles. The standard InChI is InChI=1S/C23H23N5O6S2/c1-35(30,31)17-7-5-15(6-8-17)13-28-19-12-25-21(16-3-2-4-18(11-16)36(24,32)33)26-22(19)27-9-10-34-14-20(27)23(28)29/h2-8,11-12,20H,9-10,13-14H2,1H3,(H2,24,32,33). The fourth-order valence-corrected chi connectivity index (χ4v) is 5.46. The lowest BCUT2D eigenvalue weighted by Gasteiger charge is -2.43. The van der Waals surface area contributed by atoms with Gasteiger partial charge >= 0.3 is 0 Å². The summed E-state index contributed by atoms with van der Waals surface area (Å²) in [5.74, 6) is 0.639. The topological polar surface area (TPSA) is 153 Å². The highest BCUT2D eigenvalue weighted by molar-refractivity contribution is 7.90. The number of rotatable bonds is 5. The van der Waals surface area contributed by atoms with Crippen LogP contribution in [0.2, 0.25) is 0 Å². The van der Waals surface area contributed by atoms with Crippen LogP contribution in [-0.4, -0.2) is 64.8 Å². The van der Waals surface area contributed by atoms with Crippen LogP contribution < -0.4 is 14.9 Å². The zero-order valence-corrected chi connectivity index (χ0v) is 20.9. The molecule has 0 radical (unpaired) electrons. The number of nitrogens with two attached hydrogens (primary N) is 1. The number of sulfonamides is 1. The second kappa shape index (κ2) is 8.92. The van der Waals surface area contributed by atoms with Gasteiger partial charge in [0, 0.05) is 18.4 Å². The van der Waals surface area contributed by atoms with Gasteiger partial charge in [0.05, 0.1) is 35.7 Å². The number of nitrogens with zero attached hydrogens (tertiary/aromatic N) is 4. The Morgan fingerprint density at radius 1 is 1.08 bits per heavy atom. The van der Waals surface area contributed by atoms with Crippen molar-refractivity contribution in [3.63, 3.8) is 0 Å². The smallest absolute Gasteiger partial charge is 0.252 e. The molecule has 188 valence electrons. The maximum Gasteiger partial charge on any atom is 0.252 e. The van der Waals surface area contributed by atoms with Crippen molar-refractivity contribution in [2.45, 2.75) is 22.4 Å². The van der Waals surface area contributed by atoms with Crippen LogP contribution in [0, 0.1) is 0 Å². The van der Waals surface area contributed by atoms with Crippen molar-refractivity contribution in [3.05, 3.63) is 60.3 Å². The Labute approximate surface area is 208 Å². The number of carbonyl (C=O) groups is 1. The monoisotopic (exact) mass is 529 g/mol. The lowest BCUT2D eigenvalue weighted by atomic mass is 10.1. The summed E-state index contributed by atoms with van der Waals surface area (Å²) in [6, 6.07) is 11.8. The van der Waals surface area contributed by atoms with Crippen LogP contribution in [0.1, 0.15) is 5.56 Å². The number of sulfone groups is 1. The van der Waals surface area contributed by atoms with Gasteiger partial charge in [0.25, 0.3) is 5.91 Å². The Balaban J connectivity index is 1.55. The third-order valence-corrected chi connectivity index (χ3v) is 8.14. The molecule has 36 heavy (non-hydrogen) atoms. The number of anilines is 2. The molecule has 2 aliphatic rings. The molecule has 5 rings (SSSR count). The van der Waals surface area contributed by atoms with Crippen LogP contribution in [0.25, 0.3) is 11.4 Å². The van der Waals surface area contributed by atoms with Crippen molar-refractivity contribution < 1.29 is 26.4 Å². The summed E-state index contributed by atoms with van der Waals surface area (Å²) in [6.45, 7) is 1.26. The molecular formula is C23H23N5O6S2. The molecule has 1 amide bonds. The summed E-state index contributed by atoms with van der Waals surface area (Å²) in [7, 11) is -7.25. The summed E-state index contributed by atoms with van der Waals surface area (Å²) in [6.07, 6.45) is 2.67. The number of fused-ring (bicyclic) bond motifs is 3. The molecule has 1 aromatic heterocycles. The van der Waals surface area contributed by atoms with Gasteiger partial charge in [0.1, 0.15) is 11.7 Å². The number of hydrogen-bond acceptors (Lipinski definition) is 9. The van der Waals surface area contributed by atoms with Crippen molar-refractivity contribution in [2.75, 3.05) is 35.8 Å². The minimum absolute atomic E-state index is 0.0556. The Morgan fingerprint density at radius 2 is 1.83 bits per heavy atom. The average molecular weight is 530 g/mol. The number of benzene rings is 2. The first-order valence-corrected chi connectivity index (χ1v) is 14.4. The third-order valence-electron chi connectivity index (χ3n) is 6.11. The number of carbonyl (C=O) groups excluding carboxylic acids is 1. The molecule has 1 fully saturated rings. The Hall–Kier alpha value is -3.39. The van der Waals surface area contributed by atoms with E-state index in [4.69, 9.17) is 14.9 Å². The third kappa shape index (κ3) is 4.57. The summed E-state index contributed by atoms with van der Waals surface area (Å²) in [4.78, 5) is 26.1. The van der Waals surface area contributed by atoms with Crippen LogP contribution in [0.3, 0.4) is 0 Å². The maximum absolute atomic E-state index is 13.4. The highest BCUT2D eigenvalue weighted by Crippen LogP contribution is 2.37. The molecule has 13 heteroatoms. The summed E-state index contributed by atoms with van der Waals surface area (Å²) < 4.78 is 52.8. The zero-order valence-electron chi connectivity index (χ0n) is 19.2. The molecule has 0 saturated carbocycles. The number of morpholine rings is 1. The maximum atomic E-state index is 13.4. The van der Waals surface area contributed by atoms with Crippen molar-refractivity contribution in [1.29, 1.82) is 0 Å². The molecule has 3 aromatic rings. The van der Waals surface area contributed by atoms with Gasteiger partial charge in [-0.2, -0.15) is 0 Å². The largest absolute Gasteiger partial charge is 0.377 e. The van der Waals surface area contributed by atoms with Crippen LogP contribution in [0.4, 0.5) is 11.5 Å². The van der Waals surface area contributed by atoms with Crippen LogP contribution >= 0.6 is 0 Å². The van der Waals surface area contributed by atoms with Gasteiger partial charge in [-0.25, -0.2) is 31.9 Å². The highest BCUT2D eigenvalue weighted by Gasteiger charge is 2.41. The second-order valence-electron chi connectivity index (χ2n) is 8.60. The fraction of sp³-hybridized carbons (Fsp3) is 0.261. The van der Waals surface area contributed by atoms with Gasteiger partial charge in [-0.05, 0) is 29.8 Å². The number of ether oxygens (including phenoxy) is 1. The van der Waals surface area contributed by atoms with Gasteiger partial charge in [-0.1, -0.05) is 24.3 Å². The molecule has 2 N–H and O–H groups in total. The molecule has 1 atom stereocenters. The minimum Gasteiger partial charge on any atom is -0.377 e. The molecule has 11 nitrogen and oxygen atoms in total. The van der Waals surface area contributed by atoms with E-state index in [1.165, 1.54) is 30.5 Å². The van der Waals surface area contributed by atoms with E-state index in [-0.39, 0.29) is 34.7 Å². The van der Waals surface area contributed by atoms with E-state index in [0.717, 1.165) is 11.8 Å². The molecule has 0 spiro atoms. The first-order valence-electron chi connectivity index (χ1n) is 11.0. The lowest BCUT2D eigenvalue weighted by molar-refractivity contribution is -0.122. The van der Waals surface area contributed by atoms with Crippen LogP contribution in [0.5, 0.6) is 0 Å². The van der Waals surface area contributed by atoms with Gasteiger partial charge in [-0.3, -0.25) is 4.79 Å². The molecule has 1 unspecified atom stereocenters. The van der Waals surface area contributed by atoms with Gasteiger partial charge in [-0.15, -0.1) is 0 Å². The lowest BCUT2D eigenvalue weighted by Crippen LogP contribution is -2.58. The second-order valence-corrected chi connectivity index (χ2v) is 12.2. The van der Waals surface area contributed by atoms with E-state index < -0.39 is 25.9 Å². The summed E-state index contributed by atoms with van der Waals surface area (Å²) in [5.41, 5.74) is 1.70. The summed E-state index contributed by atoms with van der Waals surface area (Å²) >= 11 is 0. The molecule has 2 aliphatic heterocycles. The Bertz CT molecular complexity index is 1560. The van der Waals surface area contributed by atoms with E-state index >= 15 is 0 Å². The van der Waals surface area contributed by atoms with E-state index in [9.17, 15) is 21.6 Å². The fourth-order valence-electron chi connectivity index (χ4n) is 4.27. The summed E-state index contributed by atoms with van der Waals surface area (Å²) in [5, 5.41) is 5.27. The van der Waals surface area contributed by atoms with E-state index in [2.05, 4.69) is 4.98 Å². The van der Waals surface area contributed by atoms with E-state index in [0.29, 0.717) is 30.2 Å². The van der Waals surface area contributed by atoms with Crippen molar-refractivity contribution in [2.24, 2.45) is 5.14 Å². The zero-order chi connectivity index (χ0) is 25.7. The predicted octanol–water partition coefficient (Wildman–Crippen LogP) is 0.947. The molecule has 2 aromatic carbocycles. The quantitative estimate of drug-likeness (QED) is 0.509. The van der Waals surface area contributed by atoms with Crippen molar-refractivity contribution in [3.8, 4) is 11.4 Å². The van der Waals surface area contributed by atoms with Gasteiger partial charge in [0.15, 0.2) is 21.5 Å². The number of amides is 1. The SMILES string of the molecule is CS(=O)(=O)c1ccc(CN2C(=O)C3COCCN3c3nc(-c4cccc(S(N)(=O)=O)c4)ncc32)cc1. The molecule has 3 heterocycles. The normalized spacial score (nSPS) is 18.1. The van der Waals surface area contributed by atoms with Gasteiger partial charge < -0.3 is 14.5 Å². The number of primary sulfonamides is 1. The minimum atomic E-state index is -3.91. The number of aromatic nitrogens is 2. The molecule has 0 aliphatic carbocycles. The van der Waals surface area contributed by atoms with Crippen molar-refractivity contribution in [1.82, 2.24) is 9.97 Å². The van der Waals surface area contributed by atoms with Crippen molar-refractivity contribution >= 4 is 37.3 Å². The van der Waals surface area contributed by atoms with Crippen LogP contribution in [0.15, 0.2) is 64.5 Å². The average Bonchev–Trinajstić information content (AvgIpc) is 2.85. The molecule has 0 bridgehead atoms. The Kier molecular flexibility index (Phi) is 6.03. The van der Waals surface area contributed by atoms with E-state index in [1.54, 1.807) is 29.2 Å².